The lowest BCUT2D eigenvalue weighted by atomic mass is 10.3. The Kier molecular flexibility index (Phi) is 6.13. The van der Waals surface area contributed by atoms with Crippen LogP contribution in [0.3, 0.4) is 0 Å². The fourth-order valence-corrected chi connectivity index (χ4v) is 4.84. The van der Waals surface area contributed by atoms with Gasteiger partial charge in [0.2, 0.25) is 0 Å². The first kappa shape index (κ1) is 16.0. The number of thioether (sulfide) groups is 1. The summed E-state index contributed by atoms with van der Waals surface area (Å²) in [4.78, 5) is 0.888. The van der Waals surface area contributed by atoms with E-state index in [0.717, 1.165) is 17.1 Å². The van der Waals surface area contributed by atoms with Crippen LogP contribution < -0.4 is 5.73 Å². The molecule has 0 spiro atoms. The zero-order chi connectivity index (χ0) is 13.8. The van der Waals surface area contributed by atoms with Gasteiger partial charge >= 0.3 is 0 Å². The summed E-state index contributed by atoms with van der Waals surface area (Å²) in [6.45, 7) is 2.32. The molecule has 1 heterocycles. The summed E-state index contributed by atoms with van der Waals surface area (Å²) < 4.78 is 26.5. The molecule has 2 N–H and O–H groups in total. The predicted molar refractivity (Wildman–Crippen MR) is 79.6 cm³/mol. The van der Waals surface area contributed by atoms with Crippen molar-refractivity contribution in [3.8, 4) is 0 Å². The van der Waals surface area contributed by atoms with Gasteiger partial charge in [-0.15, -0.1) is 11.3 Å². The summed E-state index contributed by atoms with van der Waals surface area (Å²) in [5.74, 6) is 0.958. The van der Waals surface area contributed by atoms with Crippen LogP contribution >= 0.6 is 23.1 Å². The monoisotopic (exact) mass is 308 g/mol. The Morgan fingerprint density at radius 2 is 2.17 bits per heavy atom. The Labute approximate surface area is 118 Å². The molecule has 0 saturated carbocycles. The van der Waals surface area contributed by atoms with Crippen molar-refractivity contribution >= 4 is 33.1 Å². The second-order valence-corrected chi connectivity index (χ2v) is 8.45. The zero-order valence-electron chi connectivity index (χ0n) is 10.9. The summed E-state index contributed by atoms with van der Waals surface area (Å²) in [7, 11) is -1.73. The second kappa shape index (κ2) is 6.91. The zero-order valence-corrected chi connectivity index (χ0v) is 13.4. The molecule has 0 fully saturated rings. The van der Waals surface area contributed by atoms with Crippen LogP contribution in [0.4, 0.5) is 0 Å². The molecule has 1 rings (SSSR count). The molecule has 1 unspecified atom stereocenters. The Hall–Kier alpha value is -0.0800. The van der Waals surface area contributed by atoms with Crippen LogP contribution in [0.1, 0.15) is 18.2 Å². The number of nitrogens with two attached hydrogens (primary N) is 1. The molecule has 0 aliphatic heterocycles. The fraction of sp³-hybridized carbons (Fsp3) is 0.636. The number of sulfonamides is 1. The Bertz CT molecular complexity index is 470. The minimum atomic E-state index is -3.37. The van der Waals surface area contributed by atoms with Crippen molar-refractivity contribution in [2.45, 2.75) is 30.1 Å². The lowest BCUT2D eigenvalue weighted by molar-refractivity contribution is 0.383. The van der Waals surface area contributed by atoms with Gasteiger partial charge in [-0.3, -0.25) is 0 Å². The maximum Gasteiger partial charge on any atom is 0.252 e. The Balaban J connectivity index is 2.85. The summed E-state index contributed by atoms with van der Waals surface area (Å²) in [6, 6.07) is 3.42. The van der Waals surface area contributed by atoms with Gasteiger partial charge in [0.05, 0.1) is 0 Å². The number of nitrogens with zero attached hydrogens (tertiary/aromatic N) is 1. The Morgan fingerprint density at radius 3 is 2.67 bits per heavy atom. The Morgan fingerprint density at radius 1 is 1.50 bits per heavy atom. The minimum Gasteiger partial charge on any atom is -0.326 e. The van der Waals surface area contributed by atoms with Crippen molar-refractivity contribution in [3.63, 3.8) is 0 Å². The van der Waals surface area contributed by atoms with Crippen LogP contribution in [0, 0.1) is 0 Å². The second-order valence-electron chi connectivity index (χ2n) is 4.08. The van der Waals surface area contributed by atoms with Crippen molar-refractivity contribution in [1.82, 2.24) is 4.31 Å². The maximum absolute atomic E-state index is 12.4. The van der Waals surface area contributed by atoms with Gasteiger partial charge in [0.25, 0.3) is 10.0 Å². The molecule has 0 bridgehead atoms. The third kappa shape index (κ3) is 3.71. The van der Waals surface area contributed by atoms with E-state index in [-0.39, 0.29) is 6.04 Å². The molecule has 1 atom stereocenters. The van der Waals surface area contributed by atoms with E-state index in [9.17, 15) is 8.42 Å². The molecule has 18 heavy (non-hydrogen) atoms. The first-order valence-electron chi connectivity index (χ1n) is 5.69. The molecule has 1 aromatic rings. The minimum absolute atomic E-state index is 0.00544. The van der Waals surface area contributed by atoms with Crippen molar-refractivity contribution in [3.05, 3.63) is 17.0 Å². The van der Waals surface area contributed by atoms with Crippen LogP contribution in [-0.2, 0) is 16.6 Å². The van der Waals surface area contributed by atoms with Crippen molar-refractivity contribution in [1.29, 1.82) is 0 Å². The van der Waals surface area contributed by atoms with E-state index in [1.165, 1.54) is 15.6 Å². The highest BCUT2D eigenvalue weighted by Gasteiger charge is 2.26. The molecular formula is C11H20N2O2S3. The standard InChI is InChI=1S/C11H20N2O2S3/c1-9(6-7-16-3)13(2)18(14,15)11-5-4-10(8-12)17-11/h4-5,9H,6-8,12H2,1-3H3. The largest absolute Gasteiger partial charge is 0.326 e. The normalized spacial score (nSPS) is 14.1. The lowest BCUT2D eigenvalue weighted by Crippen LogP contribution is -2.35. The molecule has 0 saturated heterocycles. The average molecular weight is 308 g/mol. The molecule has 4 nitrogen and oxygen atoms in total. The smallest absolute Gasteiger partial charge is 0.252 e. The van der Waals surface area contributed by atoms with E-state index in [0.29, 0.717) is 10.8 Å². The van der Waals surface area contributed by atoms with E-state index >= 15 is 0 Å². The van der Waals surface area contributed by atoms with Gasteiger partial charge in [0, 0.05) is 24.5 Å². The van der Waals surface area contributed by atoms with E-state index < -0.39 is 10.0 Å². The molecule has 104 valence electrons. The molecular weight excluding hydrogens is 288 g/mol. The maximum atomic E-state index is 12.4. The van der Waals surface area contributed by atoms with E-state index in [1.807, 2.05) is 13.2 Å². The van der Waals surface area contributed by atoms with Crippen LogP contribution in [0.5, 0.6) is 0 Å². The van der Waals surface area contributed by atoms with Gasteiger partial charge in [0.1, 0.15) is 4.21 Å². The fourth-order valence-electron chi connectivity index (χ4n) is 1.46. The predicted octanol–water partition coefficient (Wildman–Crippen LogP) is 1.97. The highest BCUT2D eigenvalue weighted by Crippen LogP contribution is 2.25. The van der Waals surface area contributed by atoms with Crippen molar-refractivity contribution < 1.29 is 8.42 Å². The average Bonchev–Trinajstić information content (AvgIpc) is 2.84. The highest BCUT2D eigenvalue weighted by atomic mass is 32.2. The van der Waals surface area contributed by atoms with Crippen LogP contribution in [0.15, 0.2) is 16.3 Å². The van der Waals surface area contributed by atoms with Crippen molar-refractivity contribution in [2.24, 2.45) is 5.73 Å². The third-order valence-corrected chi connectivity index (χ3v) is 7.02. The molecule has 0 amide bonds. The molecule has 0 aliphatic carbocycles. The molecule has 1 aromatic heterocycles. The van der Waals surface area contributed by atoms with Gasteiger partial charge in [-0.2, -0.15) is 16.1 Å². The summed E-state index contributed by atoms with van der Waals surface area (Å²) >= 11 is 2.98. The highest BCUT2D eigenvalue weighted by molar-refractivity contribution is 7.98. The summed E-state index contributed by atoms with van der Waals surface area (Å²) in [5, 5.41) is 0. The van der Waals surface area contributed by atoms with Gasteiger partial charge < -0.3 is 5.73 Å². The number of hydrogen-bond donors (Lipinski definition) is 1. The summed E-state index contributed by atoms with van der Waals surface area (Å²) in [6.07, 6.45) is 2.88. The van der Waals surface area contributed by atoms with Crippen LogP contribution in [0.2, 0.25) is 0 Å². The molecule has 0 aromatic carbocycles. The SMILES string of the molecule is CSCCC(C)N(C)S(=O)(=O)c1ccc(CN)s1. The number of rotatable bonds is 7. The number of thiophene rings is 1. The van der Waals surface area contributed by atoms with Gasteiger partial charge in [-0.05, 0) is 37.5 Å². The van der Waals surface area contributed by atoms with E-state index in [1.54, 1.807) is 30.9 Å². The quantitative estimate of drug-likeness (QED) is 0.836. The topological polar surface area (TPSA) is 63.4 Å². The third-order valence-electron chi connectivity index (χ3n) is 2.83. The molecule has 0 radical (unpaired) electrons. The van der Waals surface area contributed by atoms with Crippen LogP contribution in [0.25, 0.3) is 0 Å². The lowest BCUT2D eigenvalue weighted by Gasteiger charge is -2.23. The van der Waals surface area contributed by atoms with Gasteiger partial charge in [-0.1, -0.05) is 0 Å². The van der Waals surface area contributed by atoms with E-state index in [2.05, 4.69) is 0 Å². The van der Waals surface area contributed by atoms with Gasteiger partial charge in [-0.25, -0.2) is 8.42 Å². The van der Waals surface area contributed by atoms with E-state index in [4.69, 9.17) is 5.73 Å². The first-order valence-corrected chi connectivity index (χ1v) is 9.34. The first-order chi connectivity index (χ1) is 8.43. The van der Waals surface area contributed by atoms with Crippen LogP contribution in [-0.4, -0.2) is 37.8 Å². The summed E-state index contributed by atoms with van der Waals surface area (Å²) in [5.41, 5.74) is 5.51. The van der Waals surface area contributed by atoms with Crippen molar-refractivity contribution in [2.75, 3.05) is 19.1 Å². The molecule has 7 heteroatoms. The molecule has 0 aliphatic rings. The van der Waals surface area contributed by atoms with Gasteiger partial charge in [0.15, 0.2) is 0 Å². The number of hydrogen-bond acceptors (Lipinski definition) is 5.